The quantitative estimate of drug-likeness (QED) is 0.869. The third-order valence-corrected chi connectivity index (χ3v) is 4.18. The molecular weight excluding hydrogens is 328 g/mol. The molecule has 0 spiro atoms. The lowest BCUT2D eigenvalue weighted by molar-refractivity contribution is -0.123. The second kappa shape index (κ2) is 8.21. The van der Waals surface area contributed by atoms with Crippen molar-refractivity contribution in [1.29, 1.82) is 0 Å². The van der Waals surface area contributed by atoms with Gasteiger partial charge in [-0.1, -0.05) is 29.8 Å². The van der Waals surface area contributed by atoms with Gasteiger partial charge in [0, 0.05) is 17.6 Å². The Hall–Kier alpha value is -1.99. The Kier molecular flexibility index (Phi) is 6.28. The number of amides is 1. The Morgan fingerprint density at radius 2 is 1.92 bits per heavy atom. The predicted molar refractivity (Wildman–Crippen MR) is 93.6 cm³/mol. The van der Waals surface area contributed by atoms with Crippen LogP contribution in [0.1, 0.15) is 31.2 Å². The summed E-state index contributed by atoms with van der Waals surface area (Å²) in [5.41, 5.74) is 7.94. The van der Waals surface area contributed by atoms with Crippen LogP contribution in [0.5, 0.6) is 0 Å². The third kappa shape index (κ3) is 4.75. The Morgan fingerprint density at radius 1 is 1.25 bits per heavy atom. The second-order valence-corrected chi connectivity index (χ2v) is 6.19. The first kappa shape index (κ1) is 18.4. The highest BCUT2D eigenvalue weighted by Gasteiger charge is 2.20. The molecule has 24 heavy (non-hydrogen) atoms. The van der Waals surface area contributed by atoms with Crippen molar-refractivity contribution < 1.29 is 4.79 Å². The van der Waals surface area contributed by atoms with Gasteiger partial charge in [-0.25, -0.2) is 0 Å². The Labute approximate surface area is 147 Å². The number of halogens is 1. The molecule has 0 atom stereocenters. The maximum absolute atomic E-state index is 12.1. The van der Waals surface area contributed by atoms with Gasteiger partial charge in [0.15, 0.2) is 0 Å². The van der Waals surface area contributed by atoms with E-state index in [0.29, 0.717) is 5.82 Å². The highest BCUT2D eigenvalue weighted by molar-refractivity contribution is 5.85. The van der Waals surface area contributed by atoms with Gasteiger partial charge in [0.25, 0.3) is 0 Å². The molecule has 1 heterocycles. The third-order valence-electron chi connectivity index (χ3n) is 4.18. The minimum Gasteiger partial charge on any atom is -0.352 e. The zero-order chi connectivity index (χ0) is 16.2. The number of nitrogens with one attached hydrogen (secondary N) is 1. The summed E-state index contributed by atoms with van der Waals surface area (Å²) in [6, 6.07) is 8.37. The number of tetrazole rings is 1. The van der Waals surface area contributed by atoms with Gasteiger partial charge < -0.3 is 11.1 Å². The maximum Gasteiger partial charge on any atom is 0.243 e. The van der Waals surface area contributed by atoms with Crippen LogP contribution in [0.3, 0.4) is 0 Å². The molecule has 7 nitrogen and oxygen atoms in total. The second-order valence-electron chi connectivity index (χ2n) is 6.19. The van der Waals surface area contributed by atoms with Crippen molar-refractivity contribution in [2.24, 2.45) is 5.73 Å². The van der Waals surface area contributed by atoms with Crippen LogP contribution < -0.4 is 11.1 Å². The molecule has 0 unspecified atom stereocenters. The van der Waals surface area contributed by atoms with E-state index in [0.717, 1.165) is 31.2 Å². The lowest BCUT2D eigenvalue weighted by atomic mass is 9.92. The Balaban J connectivity index is 0.00000208. The number of hydrogen-bond donors (Lipinski definition) is 2. The lowest BCUT2D eigenvalue weighted by Crippen LogP contribution is -2.41. The number of benzene rings is 1. The van der Waals surface area contributed by atoms with Crippen molar-refractivity contribution in [1.82, 2.24) is 25.5 Å². The van der Waals surface area contributed by atoms with Crippen molar-refractivity contribution in [2.45, 2.75) is 51.2 Å². The van der Waals surface area contributed by atoms with Crippen LogP contribution in [0.25, 0.3) is 11.4 Å². The number of aromatic nitrogens is 4. The molecule has 3 rings (SSSR count). The van der Waals surface area contributed by atoms with Crippen LogP contribution in [-0.2, 0) is 11.3 Å². The maximum atomic E-state index is 12.1. The van der Waals surface area contributed by atoms with Crippen molar-refractivity contribution in [3.63, 3.8) is 0 Å². The number of carbonyl (C=O) groups excluding carboxylic acids is 1. The standard InChI is InChI=1S/C16H22N6O.ClH/c1-11-2-4-12(5-3-11)16-19-21-22(20-16)10-15(23)18-14-8-6-13(17)7-9-14;/h2-5,13-14H,6-10,17H2,1H3,(H,18,23);1H. The van der Waals surface area contributed by atoms with Crippen molar-refractivity contribution in [2.75, 3.05) is 0 Å². The van der Waals surface area contributed by atoms with Gasteiger partial charge in [0.1, 0.15) is 6.54 Å². The minimum absolute atomic E-state index is 0. The molecule has 1 aliphatic carbocycles. The van der Waals surface area contributed by atoms with Gasteiger partial charge in [-0.3, -0.25) is 4.79 Å². The number of aryl methyl sites for hydroxylation is 1. The molecule has 1 aliphatic rings. The number of carbonyl (C=O) groups is 1. The normalized spacial score (nSPS) is 20.2. The summed E-state index contributed by atoms with van der Waals surface area (Å²) < 4.78 is 0. The monoisotopic (exact) mass is 350 g/mol. The highest BCUT2D eigenvalue weighted by atomic mass is 35.5. The first-order valence-electron chi connectivity index (χ1n) is 8.00. The summed E-state index contributed by atoms with van der Waals surface area (Å²) in [6.07, 6.45) is 3.80. The molecule has 1 amide bonds. The summed E-state index contributed by atoms with van der Waals surface area (Å²) in [5, 5.41) is 15.3. The van der Waals surface area contributed by atoms with E-state index in [1.54, 1.807) is 0 Å². The van der Waals surface area contributed by atoms with Gasteiger partial charge in [-0.15, -0.1) is 22.6 Å². The number of rotatable bonds is 4. The minimum atomic E-state index is -0.0849. The molecular formula is C16H23ClN6O. The number of nitrogens with two attached hydrogens (primary N) is 1. The summed E-state index contributed by atoms with van der Waals surface area (Å²) in [6.45, 7) is 2.11. The van der Waals surface area contributed by atoms with E-state index in [2.05, 4.69) is 20.7 Å². The zero-order valence-corrected chi connectivity index (χ0v) is 14.5. The fourth-order valence-electron chi connectivity index (χ4n) is 2.79. The highest BCUT2D eigenvalue weighted by Crippen LogP contribution is 2.17. The fourth-order valence-corrected chi connectivity index (χ4v) is 2.79. The molecule has 2 aromatic rings. The first-order valence-corrected chi connectivity index (χ1v) is 8.00. The average molecular weight is 351 g/mol. The Morgan fingerprint density at radius 3 is 2.58 bits per heavy atom. The van der Waals surface area contributed by atoms with Crippen LogP contribution in [0, 0.1) is 6.92 Å². The molecule has 3 N–H and O–H groups in total. The van der Waals surface area contributed by atoms with Gasteiger partial charge in [-0.2, -0.15) is 4.80 Å². The van der Waals surface area contributed by atoms with Crippen LogP contribution >= 0.6 is 12.4 Å². The van der Waals surface area contributed by atoms with Crippen LogP contribution in [0.15, 0.2) is 24.3 Å². The van der Waals surface area contributed by atoms with E-state index in [-0.39, 0.29) is 36.9 Å². The molecule has 0 bridgehead atoms. The van der Waals surface area contributed by atoms with E-state index in [4.69, 9.17) is 5.73 Å². The fraction of sp³-hybridized carbons (Fsp3) is 0.500. The van der Waals surface area contributed by atoms with Crippen molar-refractivity contribution in [3.8, 4) is 11.4 Å². The van der Waals surface area contributed by atoms with Crippen LogP contribution in [0.4, 0.5) is 0 Å². The van der Waals surface area contributed by atoms with E-state index < -0.39 is 0 Å². The zero-order valence-electron chi connectivity index (χ0n) is 13.7. The molecule has 0 radical (unpaired) electrons. The van der Waals surface area contributed by atoms with Gasteiger partial charge in [0.2, 0.25) is 11.7 Å². The van der Waals surface area contributed by atoms with Crippen LogP contribution in [0.2, 0.25) is 0 Å². The molecule has 130 valence electrons. The molecule has 1 aromatic heterocycles. The van der Waals surface area contributed by atoms with E-state index in [9.17, 15) is 4.79 Å². The molecule has 1 fully saturated rings. The molecule has 0 saturated heterocycles. The van der Waals surface area contributed by atoms with E-state index >= 15 is 0 Å². The summed E-state index contributed by atoms with van der Waals surface area (Å²) in [4.78, 5) is 13.4. The molecule has 1 saturated carbocycles. The number of nitrogens with zero attached hydrogens (tertiary/aromatic N) is 4. The SMILES string of the molecule is Cc1ccc(-c2nnn(CC(=O)NC3CCC(N)CC3)n2)cc1.Cl. The van der Waals surface area contributed by atoms with E-state index in [1.807, 2.05) is 31.2 Å². The topological polar surface area (TPSA) is 98.7 Å². The van der Waals surface area contributed by atoms with Crippen molar-refractivity contribution in [3.05, 3.63) is 29.8 Å². The average Bonchev–Trinajstić information content (AvgIpc) is 2.98. The van der Waals surface area contributed by atoms with Gasteiger partial charge >= 0.3 is 0 Å². The predicted octanol–water partition coefficient (Wildman–Crippen LogP) is 1.46. The summed E-state index contributed by atoms with van der Waals surface area (Å²) in [5.74, 6) is 0.444. The molecule has 1 aromatic carbocycles. The Bertz CT molecular complexity index is 663. The first-order chi connectivity index (χ1) is 11.1. The number of hydrogen-bond acceptors (Lipinski definition) is 5. The summed E-state index contributed by atoms with van der Waals surface area (Å²) in [7, 11) is 0. The van der Waals surface area contributed by atoms with Gasteiger partial charge in [-0.05, 0) is 37.8 Å². The smallest absolute Gasteiger partial charge is 0.243 e. The van der Waals surface area contributed by atoms with E-state index in [1.165, 1.54) is 10.4 Å². The molecule has 8 heteroatoms. The largest absolute Gasteiger partial charge is 0.352 e. The lowest BCUT2D eigenvalue weighted by Gasteiger charge is -2.26. The van der Waals surface area contributed by atoms with Crippen LogP contribution in [-0.4, -0.2) is 38.2 Å². The molecule has 0 aliphatic heterocycles. The van der Waals surface area contributed by atoms with Gasteiger partial charge in [0.05, 0.1) is 0 Å². The van der Waals surface area contributed by atoms with Crippen molar-refractivity contribution >= 4 is 18.3 Å². The summed E-state index contributed by atoms with van der Waals surface area (Å²) >= 11 is 0.